The molecule has 0 radical (unpaired) electrons. The van der Waals surface area contributed by atoms with Gasteiger partial charge < -0.3 is 24.6 Å². The van der Waals surface area contributed by atoms with Gasteiger partial charge in [0.25, 0.3) is 5.91 Å². The maximum Gasteiger partial charge on any atom is 0.254 e. The third kappa shape index (κ3) is 3.25. The lowest BCUT2D eigenvalue weighted by molar-refractivity contribution is -0.124. The number of rotatable bonds is 4. The van der Waals surface area contributed by atoms with Crippen molar-refractivity contribution in [3.05, 3.63) is 42.0 Å². The molecule has 2 aromatic rings. The second kappa shape index (κ2) is 7.25. The summed E-state index contributed by atoms with van der Waals surface area (Å²) in [6.45, 7) is 0. The summed E-state index contributed by atoms with van der Waals surface area (Å²) in [5.74, 6) is 0.966. The minimum atomic E-state index is -1.22. The number of nitrogens with one attached hydrogen (secondary N) is 1. The van der Waals surface area contributed by atoms with Crippen molar-refractivity contribution in [1.82, 2.24) is 0 Å². The molecule has 2 N–H and O–H groups in total. The molecule has 0 spiro atoms. The molecule has 1 aliphatic rings. The van der Waals surface area contributed by atoms with Gasteiger partial charge in [-0.3, -0.25) is 4.79 Å². The zero-order chi connectivity index (χ0) is 18.0. The highest BCUT2D eigenvalue weighted by molar-refractivity contribution is 7.99. The van der Waals surface area contributed by atoms with Crippen molar-refractivity contribution < 1.29 is 24.1 Å². The number of hydrogen-bond donors (Lipinski definition) is 2. The van der Waals surface area contributed by atoms with Gasteiger partial charge in [-0.1, -0.05) is 12.1 Å². The summed E-state index contributed by atoms with van der Waals surface area (Å²) in [6, 6.07) is 11.0. The molecule has 2 atom stereocenters. The van der Waals surface area contributed by atoms with Crippen LogP contribution in [0.15, 0.2) is 41.3 Å². The highest BCUT2D eigenvalue weighted by atomic mass is 32.2. The third-order valence-electron chi connectivity index (χ3n) is 3.97. The van der Waals surface area contributed by atoms with Crippen LogP contribution in [0.4, 0.5) is 5.69 Å². The van der Waals surface area contributed by atoms with E-state index in [1.54, 1.807) is 12.1 Å². The summed E-state index contributed by atoms with van der Waals surface area (Å²) in [4.78, 5) is 13.2. The van der Waals surface area contributed by atoms with Crippen LogP contribution in [0.25, 0.3) is 0 Å². The molecule has 3 rings (SSSR count). The second-order valence-corrected chi connectivity index (χ2v) is 6.61. The molecule has 0 aliphatic carbocycles. The number of hydrogen-bond acceptors (Lipinski definition) is 6. The predicted molar refractivity (Wildman–Crippen MR) is 95.8 cm³/mol. The van der Waals surface area contributed by atoms with Crippen LogP contribution in [-0.2, 0) is 4.79 Å². The number of fused-ring (bicyclic) bond motifs is 1. The first-order chi connectivity index (χ1) is 12.1. The van der Waals surface area contributed by atoms with E-state index in [0.29, 0.717) is 28.5 Å². The van der Waals surface area contributed by atoms with Crippen LogP contribution in [0, 0.1) is 0 Å². The Kier molecular flexibility index (Phi) is 5.06. The molecular formula is C18H19NO5S. The van der Waals surface area contributed by atoms with E-state index in [4.69, 9.17) is 14.2 Å². The van der Waals surface area contributed by atoms with E-state index >= 15 is 0 Å². The molecule has 7 heteroatoms. The molecule has 0 saturated carbocycles. The Balaban J connectivity index is 2.09. The molecule has 0 saturated heterocycles. The number of aliphatic hydroxyl groups excluding tert-OH is 1. The van der Waals surface area contributed by atoms with Gasteiger partial charge in [0, 0.05) is 4.90 Å². The number of para-hydroxylation sites is 1. The van der Waals surface area contributed by atoms with E-state index in [-0.39, 0.29) is 0 Å². The van der Waals surface area contributed by atoms with E-state index in [2.05, 4.69) is 5.32 Å². The van der Waals surface area contributed by atoms with Crippen LogP contribution in [0.3, 0.4) is 0 Å². The first kappa shape index (κ1) is 17.4. The van der Waals surface area contributed by atoms with Gasteiger partial charge in [0.15, 0.2) is 11.5 Å². The van der Waals surface area contributed by atoms with Crippen LogP contribution in [0.5, 0.6) is 17.2 Å². The fraction of sp³-hybridized carbons (Fsp3) is 0.278. The normalized spacial score (nSPS) is 19.4. The van der Waals surface area contributed by atoms with Gasteiger partial charge in [0.2, 0.25) is 5.75 Å². The minimum Gasteiger partial charge on any atom is -0.493 e. The summed E-state index contributed by atoms with van der Waals surface area (Å²) in [7, 11) is 4.58. The first-order valence-corrected chi connectivity index (χ1v) is 8.51. The maximum absolute atomic E-state index is 12.3. The van der Waals surface area contributed by atoms with Crippen molar-refractivity contribution in [3.63, 3.8) is 0 Å². The fourth-order valence-corrected chi connectivity index (χ4v) is 3.94. The van der Waals surface area contributed by atoms with Gasteiger partial charge in [0.1, 0.15) is 6.10 Å². The SMILES string of the molecule is COc1cc(C2Sc3ccccc3NC(=O)C2O)cc(OC)c1OC. The largest absolute Gasteiger partial charge is 0.493 e. The highest BCUT2D eigenvalue weighted by Crippen LogP contribution is 2.47. The average Bonchev–Trinajstić information content (AvgIpc) is 2.77. The predicted octanol–water partition coefficient (Wildman–Crippen LogP) is 2.86. The Hall–Kier alpha value is -2.38. The number of aliphatic hydroxyl groups is 1. The summed E-state index contributed by atoms with van der Waals surface area (Å²) in [5, 5.41) is 12.8. The minimum absolute atomic E-state index is 0.448. The van der Waals surface area contributed by atoms with Gasteiger partial charge in [-0.25, -0.2) is 0 Å². The van der Waals surface area contributed by atoms with Crippen LogP contribution >= 0.6 is 11.8 Å². The lowest BCUT2D eigenvalue weighted by atomic mass is 10.0. The second-order valence-electron chi connectivity index (χ2n) is 5.43. The molecule has 132 valence electrons. The zero-order valence-electron chi connectivity index (χ0n) is 14.1. The zero-order valence-corrected chi connectivity index (χ0v) is 14.9. The number of anilines is 1. The van der Waals surface area contributed by atoms with Gasteiger partial charge in [-0.15, -0.1) is 11.8 Å². The lowest BCUT2D eigenvalue weighted by Gasteiger charge is -2.21. The van der Waals surface area contributed by atoms with Crippen molar-refractivity contribution in [1.29, 1.82) is 0 Å². The fourth-order valence-electron chi connectivity index (χ4n) is 2.73. The quantitative estimate of drug-likeness (QED) is 0.872. The van der Waals surface area contributed by atoms with E-state index in [9.17, 15) is 9.90 Å². The van der Waals surface area contributed by atoms with Crippen molar-refractivity contribution in [2.75, 3.05) is 26.6 Å². The Bertz CT molecular complexity index is 770. The summed E-state index contributed by atoms with van der Waals surface area (Å²) in [6.07, 6.45) is -1.22. The van der Waals surface area contributed by atoms with Crippen molar-refractivity contribution in [3.8, 4) is 17.2 Å². The number of thioether (sulfide) groups is 1. The van der Waals surface area contributed by atoms with Gasteiger partial charge in [-0.2, -0.15) is 0 Å². The summed E-state index contributed by atoms with van der Waals surface area (Å²) >= 11 is 1.41. The van der Waals surface area contributed by atoms with E-state index in [0.717, 1.165) is 4.90 Å². The van der Waals surface area contributed by atoms with Gasteiger partial charge >= 0.3 is 0 Å². The number of ether oxygens (including phenoxy) is 3. The standard InChI is InChI=1S/C18H19NO5S/c1-22-12-8-10(9-13(23-2)16(12)24-3)17-15(20)18(21)19-11-6-4-5-7-14(11)25-17/h4-9,15,17,20H,1-3H3,(H,19,21). The number of amides is 1. The molecule has 0 aromatic heterocycles. The van der Waals surface area contributed by atoms with Crippen molar-refractivity contribution in [2.24, 2.45) is 0 Å². The summed E-state index contributed by atoms with van der Waals surface area (Å²) in [5.41, 5.74) is 1.39. The maximum atomic E-state index is 12.3. The Morgan fingerprint density at radius 1 is 1.04 bits per heavy atom. The topological polar surface area (TPSA) is 77.0 Å². The first-order valence-electron chi connectivity index (χ1n) is 7.63. The molecule has 2 unspecified atom stereocenters. The smallest absolute Gasteiger partial charge is 0.254 e. The van der Waals surface area contributed by atoms with Gasteiger partial charge in [0.05, 0.1) is 32.3 Å². The molecule has 1 aliphatic heterocycles. The molecular weight excluding hydrogens is 342 g/mol. The number of benzene rings is 2. The van der Waals surface area contributed by atoms with E-state index < -0.39 is 17.3 Å². The number of methoxy groups -OCH3 is 3. The molecule has 1 amide bonds. The van der Waals surface area contributed by atoms with Gasteiger partial charge in [-0.05, 0) is 29.8 Å². The van der Waals surface area contributed by atoms with Crippen LogP contribution < -0.4 is 19.5 Å². The molecule has 25 heavy (non-hydrogen) atoms. The Morgan fingerprint density at radius 2 is 1.68 bits per heavy atom. The van der Waals surface area contributed by atoms with Crippen LogP contribution in [-0.4, -0.2) is 38.4 Å². The van der Waals surface area contributed by atoms with Crippen molar-refractivity contribution in [2.45, 2.75) is 16.2 Å². The molecule has 6 nitrogen and oxygen atoms in total. The van der Waals surface area contributed by atoms with E-state index in [1.165, 1.54) is 33.1 Å². The summed E-state index contributed by atoms with van der Waals surface area (Å²) < 4.78 is 16.1. The highest BCUT2D eigenvalue weighted by Gasteiger charge is 2.34. The van der Waals surface area contributed by atoms with Crippen molar-refractivity contribution >= 4 is 23.4 Å². The molecule has 1 heterocycles. The Morgan fingerprint density at radius 3 is 2.28 bits per heavy atom. The molecule has 0 fully saturated rings. The van der Waals surface area contributed by atoms with E-state index in [1.807, 2.05) is 24.3 Å². The third-order valence-corrected chi connectivity index (χ3v) is 5.36. The number of carbonyl (C=O) groups is 1. The lowest BCUT2D eigenvalue weighted by Crippen LogP contribution is -2.30. The Labute approximate surface area is 150 Å². The average molecular weight is 361 g/mol. The van der Waals surface area contributed by atoms with Crippen LogP contribution in [0.2, 0.25) is 0 Å². The monoisotopic (exact) mass is 361 g/mol. The number of carbonyl (C=O) groups excluding carboxylic acids is 1. The molecule has 0 bridgehead atoms. The van der Waals surface area contributed by atoms with Crippen LogP contribution in [0.1, 0.15) is 10.8 Å². The molecule has 2 aromatic carbocycles.